The number of carbonyl (C=O) groups is 1. The third-order valence-corrected chi connectivity index (χ3v) is 7.41. The molecule has 1 aromatic carbocycles. The molecule has 1 atom stereocenters. The molecule has 4 bridgehead atoms. The van der Waals surface area contributed by atoms with Gasteiger partial charge < -0.3 is 10.6 Å². The zero-order valence-corrected chi connectivity index (χ0v) is 16.9. The van der Waals surface area contributed by atoms with Crippen molar-refractivity contribution in [3.05, 3.63) is 28.8 Å². The van der Waals surface area contributed by atoms with Crippen LogP contribution in [0.5, 0.6) is 0 Å². The Hall–Kier alpha value is -1.35. The Balaban J connectivity index is 1.37. The molecule has 4 fully saturated rings. The van der Waals surface area contributed by atoms with Crippen LogP contribution < -0.4 is 10.6 Å². The summed E-state index contributed by atoms with van der Waals surface area (Å²) in [5, 5.41) is 5.51. The van der Waals surface area contributed by atoms with Crippen LogP contribution >= 0.6 is 0 Å². The molecular weight excluding hydrogens is 320 g/mol. The maximum Gasteiger partial charge on any atom is 0.282 e. The van der Waals surface area contributed by atoms with Crippen LogP contribution in [0, 0.1) is 43.9 Å². The molecule has 3 N–H and O–H groups in total. The van der Waals surface area contributed by atoms with E-state index in [0.29, 0.717) is 5.41 Å². The third kappa shape index (κ3) is 3.43. The van der Waals surface area contributed by atoms with Gasteiger partial charge in [-0.05, 0) is 95.1 Å². The molecule has 0 unspecified atom stereocenters. The van der Waals surface area contributed by atoms with Crippen LogP contribution in [-0.4, -0.2) is 18.5 Å². The van der Waals surface area contributed by atoms with E-state index in [0.717, 1.165) is 41.1 Å². The van der Waals surface area contributed by atoms with Gasteiger partial charge in [0, 0.05) is 11.1 Å². The maximum atomic E-state index is 12.8. The lowest BCUT2D eigenvalue weighted by Gasteiger charge is -2.56. The van der Waals surface area contributed by atoms with E-state index in [1.54, 1.807) is 0 Å². The van der Waals surface area contributed by atoms with E-state index < -0.39 is 0 Å². The number of benzene rings is 1. The molecule has 0 aliphatic heterocycles. The maximum absolute atomic E-state index is 12.8. The summed E-state index contributed by atoms with van der Waals surface area (Å²) in [7, 11) is 0. The van der Waals surface area contributed by atoms with Crippen molar-refractivity contribution in [2.24, 2.45) is 23.2 Å². The number of carbonyl (C=O) groups excluding carboxylic acids is 1. The van der Waals surface area contributed by atoms with E-state index in [9.17, 15) is 4.79 Å². The third-order valence-electron chi connectivity index (χ3n) is 7.41. The Kier molecular flexibility index (Phi) is 4.63. The predicted octanol–water partition coefficient (Wildman–Crippen LogP) is 3.72. The number of nitrogens with one attached hydrogen (secondary N) is 1. The van der Waals surface area contributed by atoms with Gasteiger partial charge in [-0.3, -0.25) is 4.79 Å². The molecule has 0 radical (unpaired) electrons. The molecule has 4 aliphatic rings. The summed E-state index contributed by atoms with van der Waals surface area (Å²) in [5.74, 6) is 3.09. The van der Waals surface area contributed by atoms with Crippen LogP contribution in [-0.2, 0) is 4.79 Å². The van der Waals surface area contributed by atoms with Gasteiger partial charge in [0.15, 0.2) is 6.04 Å². The molecule has 0 saturated heterocycles. The molecule has 3 heteroatoms. The van der Waals surface area contributed by atoms with Gasteiger partial charge in [0.05, 0.1) is 6.54 Å². The van der Waals surface area contributed by atoms with Crippen molar-refractivity contribution in [3.63, 3.8) is 0 Å². The lowest BCUT2D eigenvalue weighted by Crippen LogP contribution is -2.94. The molecular formula is C23H35N2O+. The summed E-state index contributed by atoms with van der Waals surface area (Å²) in [4.78, 5) is 12.8. The zero-order valence-electron chi connectivity index (χ0n) is 16.9. The fourth-order valence-corrected chi connectivity index (χ4v) is 6.69. The summed E-state index contributed by atoms with van der Waals surface area (Å²) in [6.07, 6.45) is 8.71. The Labute approximate surface area is 158 Å². The molecule has 26 heavy (non-hydrogen) atoms. The average molecular weight is 356 g/mol. The quantitative estimate of drug-likeness (QED) is 0.831. The minimum absolute atomic E-state index is 0.0249. The van der Waals surface area contributed by atoms with Crippen LogP contribution in [0.2, 0.25) is 0 Å². The second-order valence-corrected chi connectivity index (χ2v) is 9.91. The number of amides is 1. The molecule has 3 nitrogen and oxygen atoms in total. The molecule has 0 aromatic heterocycles. The number of aryl methyl sites for hydroxylation is 3. The van der Waals surface area contributed by atoms with Crippen molar-refractivity contribution in [3.8, 4) is 0 Å². The topological polar surface area (TPSA) is 45.7 Å². The van der Waals surface area contributed by atoms with E-state index in [2.05, 4.69) is 50.5 Å². The molecule has 4 aliphatic carbocycles. The van der Waals surface area contributed by atoms with Crippen molar-refractivity contribution >= 4 is 11.6 Å². The van der Waals surface area contributed by atoms with Crippen LogP contribution in [0.15, 0.2) is 12.1 Å². The Morgan fingerprint density at radius 1 is 1.08 bits per heavy atom. The highest BCUT2D eigenvalue weighted by molar-refractivity contribution is 5.95. The first-order valence-electron chi connectivity index (χ1n) is 10.6. The highest BCUT2D eigenvalue weighted by Gasteiger charge is 2.51. The Morgan fingerprint density at radius 3 is 2.08 bits per heavy atom. The zero-order chi connectivity index (χ0) is 18.5. The summed E-state index contributed by atoms with van der Waals surface area (Å²) in [6.45, 7) is 9.47. The number of quaternary nitrogens is 1. The first-order chi connectivity index (χ1) is 12.3. The normalized spacial score (nSPS) is 33.3. The van der Waals surface area contributed by atoms with Gasteiger partial charge in [-0.25, -0.2) is 0 Å². The van der Waals surface area contributed by atoms with Crippen molar-refractivity contribution in [1.82, 2.24) is 0 Å². The predicted molar refractivity (Wildman–Crippen MR) is 106 cm³/mol. The van der Waals surface area contributed by atoms with Gasteiger partial charge in [-0.15, -0.1) is 0 Å². The lowest BCUT2D eigenvalue weighted by atomic mass is 9.49. The van der Waals surface area contributed by atoms with Crippen molar-refractivity contribution in [2.75, 3.05) is 11.9 Å². The summed E-state index contributed by atoms with van der Waals surface area (Å²) in [6, 6.07) is 4.27. The summed E-state index contributed by atoms with van der Waals surface area (Å²) < 4.78 is 0. The summed E-state index contributed by atoms with van der Waals surface area (Å²) in [5.41, 5.74) is 5.09. The Morgan fingerprint density at radius 2 is 1.58 bits per heavy atom. The van der Waals surface area contributed by atoms with Crippen LogP contribution in [0.1, 0.15) is 62.1 Å². The van der Waals surface area contributed by atoms with Gasteiger partial charge in [-0.2, -0.15) is 0 Å². The minimum Gasteiger partial charge on any atom is -0.336 e. The first-order valence-corrected chi connectivity index (χ1v) is 10.6. The molecule has 0 spiro atoms. The number of hydrogen-bond donors (Lipinski definition) is 2. The van der Waals surface area contributed by atoms with Gasteiger partial charge in [-0.1, -0.05) is 17.7 Å². The second kappa shape index (κ2) is 6.67. The SMILES string of the molecule is Cc1cc(C)c(NC(=O)[C@@H](C)[NH2+]CC23CC4CC(CC(C4)C2)C3)c(C)c1. The van der Waals surface area contributed by atoms with E-state index in [1.165, 1.54) is 44.1 Å². The van der Waals surface area contributed by atoms with Crippen LogP contribution in [0.3, 0.4) is 0 Å². The molecule has 4 saturated carbocycles. The van der Waals surface area contributed by atoms with Gasteiger partial charge >= 0.3 is 0 Å². The number of rotatable bonds is 5. The standard InChI is InChI=1S/C23H34N2O/c1-14-5-15(2)21(16(3)6-14)25-22(26)17(4)24-13-23-10-18-7-19(11-23)9-20(8-18)12-23/h5-6,17-20,24H,7-13H2,1-4H3,(H,25,26)/p+1/t17-,18?,19?,20?,23?/m1/s1. The second-order valence-electron chi connectivity index (χ2n) is 9.91. The van der Waals surface area contributed by atoms with E-state index >= 15 is 0 Å². The monoisotopic (exact) mass is 355 g/mol. The number of hydrogen-bond acceptors (Lipinski definition) is 1. The molecule has 5 rings (SSSR count). The van der Waals surface area contributed by atoms with Crippen molar-refractivity contribution < 1.29 is 10.1 Å². The molecule has 0 heterocycles. The van der Waals surface area contributed by atoms with E-state index in [1.807, 2.05) is 0 Å². The largest absolute Gasteiger partial charge is 0.336 e. The van der Waals surface area contributed by atoms with E-state index in [-0.39, 0.29) is 11.9 Å². The highest BCUT2D eigenvalue weighted by Crippen LogP contribution is 2.59. The molecule has 1 aromatic rings. The fourth-order valence-electron chi connectivity index (χ4n) is 6.69. The number of anilines is 1. The number of nitrogens with two attached hydrogens (primary N) is 1. The Bertz CT molecular complexity index is 650. The lowest BCUT2D eigenvalue weighted by molar-refractivity contribution is -0.686. The van der Waals surface area contributed by atoms with Crippen LogP contribution in [0.4, 0.5) is 5.69 Å². The summed E-state index contributed by atoms with van der Waals surface area (Å²) >= 11 is 0. The highest BCUT2D eigenvalue weighted by atomic mass is 16.2. The van der Waals surface area contributed by atoms with Crippen molar-refractivity contribution in [2.45, 2.75) is 72.3 Å². The van der Waals surface area contributed by atoms with Gasteiger partial charge in [0.1, 0.15) is 0 Å². The fraction of sp³-hybridized carbons (Fsp3) is 0.696. The molecule has 1 amide bonds. The minimum atomic E-state index is -0.0249. The van der Waals surface area contributed by atoms with E-state index in [4.69, 9.17) is 0 Å². The van der Waals surface area contributed by atoms with Gasteiger partial charge in [0.2, 0.25) is 0 Å². The molecule has 142 valence electrons. The smallest absolute Gasteiger partial charge is 0.282 e. The van der Waals surface area contributed by atoms with Gasteiger partial charge in [0.25, 0.3) is 5.91 Å². The first kappa shape index (κ1) is 18.0. The van der Waals surface area contributed by atoms with Crippen LogP contribution in [0.25, 0.3) is 0 Å². The average Bonchev–Trinajstić information content (AvgIpc) is 2.54. The van der Waals surface area contributed by atoms with Crippen molar-refractivity contribution in [1.29, 1.82) is 0 Å².